The maximum atomic E-state index is 12.3. The Balaban J connectivity index is 2.28. The van der Waals surface area contributed by atoms with E-state index in [-0.39, 0.29) is 4.90 Å². The van der Waals surface area contributed by atoms with Crippen molar-refractivity contribution in [1.82, 2.24) is 0 Å². The van der Waals surface area contributed by atoms with Gasteiger partial charge in [-0.25, -0.2) is 13.2 Å². The van der Waals surface area contributed by atoms with Crippen LogP contribution in [0.5, 0.6) is 5.75 Å². The highest BCUT2D eigenvalue weighted by atomic mass is 32.2. The van der Waals surface area contributed by atoms with Crippen LogP contribution in [-0.2, 0) is 16.4 Å². The number of phenols is 1. The summed E-state index contributed by atoms with van der Waals surface area (Å²) in [5.74, 6) is -1.89. The molecule has 3 N–H and O–H groups in total. The third-order valence-electron chi connectivity index (χ3n) is 3.25. The zero-order valence-electron chi connectivity index (χ0n) is 12.5. The number of rotatable bonds is 6. The molecule has 0 spiro atoms. The first-order chi connectivity index (χ1) is 10.8. The summed E-state index contributed by atoms with van der Waals surface area (Å²) >= 11 is 0. The Labute approximate surface area is 134 Å². The van der Waals surface area contributed by atoms with Crippen LogP contribution in [0.25, 0.3) is 0 Å². The number of aryl methyl sites for hydroxylation is 1. The number of hydrogen-bond acceptors (Lipinski definition) is 4. The molecule has 0 aliphatic carbocycles. The van der Waals surface area contributed by atoms with E-state index in [1.165, 1.54) is 0 Å². The number of carboxylic acid groups (broad SMARTS) is 1. The molecular formula is C16H17NO5S. The van der Waals surface area contributed by atoms with E-state index in [4.69, 9.17) is 5.11 Å². The van der Waals surface area contributed by atoms with Crippen molar-refractivity contribution in [1.29, 1.82) is 0 Å². The number of carbonyl (C=O) groups is 1. The predicted octanol–water partition coefficient (Wildman–Crippen LogP) is 2.84. The first kappa shape index (κ1) is 16.8. The quantitative estimate of drug-likeness (QED) is 0.753. The lowest BCUT2D eigenvalue weighted by molar-refractivity contribution is 0.0693. The highest BCUT2D eigenvalue weighted by Gasteiger charge is 2.19. The van der Waals surface area contributed by atoms with Gasteiger partial charge in [-0.15, -0.1) is 0 Å². The normalized spacial score (nSPS) is 11.2. The van der Waals surface area contributed by atoms with Gasteiger partial charge >= 0.3 is 5.97 Å². The summed E-state index contributed by atoms with van der Waals surface area (Å²) < 4.78 is 27.0. The van der Waals surface area contributed by atoms with Gasteiger partial charge in [-0.05, 0) is 42.3 Å². The minimum Gasteiger partial charge on any atom is -0.507 e. The highest BCUT2D eigenvalue weighted by Crippen LogP contribution is 2.23. The molecular weight excluding hydrogens is 318 g/mol. The Hall–Kier alpha value is -2.54. The van der Waals surface area contributed by atoms with Gasteiger partial charge in [-0.1, -0.05) is 25.5 Å². The van der Waals surface area contributed by atoms with Crippen molar-refractivity contribution in [2.45, 2.75) is 24.7 Å². The second-order valence-corrected chi connectivity index (χ2v) is 6.72. The summed E-state index contributed by atoms with van der Waals surface area (Å²) in [6, 6.07) is 10.1. The Morgan fingerprint density at radius 3 is 2.35 bits per heavy atom. The van der Waals surface area contributed by atoms with Gasteiger partial charge < -0.3 is 10.2 Å². The molecule has 0 heterocycles. The molecule has 2 aromatic rings. The van der Waals surface area contributed by atoms with Gasteiger partial charge in [0.15, 0.2) is 0 Å². The smallest absolute Gasteiger partial charge is 0.339 e. The number of benzene rings is 2. The number of aromatic hydroxyl groups is 1. The molecule has 0 fully saturated rings. The van der Waals surface area contributed by atoms with Crippen molar-refractivity contribution >= 4 is 21.7 Å². The number of aromatic carboxylic acids is 1. The van der Waals surface area contributed by atoms with Crippen molar-refractivity contribution in [2.75, 3.05) is 4.72 Å². The van der Waals surface area contributed by atoms with Crippen LogP contribution < -0.4 is 4.72 Å². The topological polar surface area (TPSA) is 104 Å². The number of sulfonamides is 1. The second-order valence-electron chi connectivity index (χ2n) is 5.04. The van der Waals surface area contributed by atoms with Gasteiger partial charge in [0.25, 0.3) is 10.0 Å². The summed E-state index contributed by atoms with van der Waals surface area (Å²) in [7, 11) is -3.94. The van der Waals surface area contributed by atoms with Crippen LogP contribution >= 0.6 is 0 Å². The molecule has 0 amide bonds. The standard InChI is InChI=1S/C16H17NO5S/c1-2-3-11-4-6-12(7-5-11)17-23(21,22)13-8-9-15(18)14(10-13)16(19)20/h4-10,17-18H,2-3H2,1H3,(H,19,20). The van der Waals surface area contributed by atoms with Crippen LogP contribution in [0.3, 0.4) is 0 Å². The SMILES string of the molecule is CCCc1ccc(NS(=O)(=O)c2ccc(O)c(C(=O)O)c2)cc1. The minimum absolute atomic E-state index is 0.231. The molecule has 7 heteroatoms. The molecule has 0 bridgehead atoms. The molecule has 2 rings (SSSR count). The summed E-state index contributed by atoms with van der Waals surface area (Å²) in [4.78, 5) is 10.8. The summed E-state index contributed by atoms with van der Waals surface area (Å²) in [6.07, 6.45) is 1.91. The Morgan fingerprint density at radius 1 is 1.13 bits per heavy atom. The number of carboxylic acids is 1. The van der Waals surface area contributed by atoms with Gasteiger partial charge in [-0.3, -0.25) is 4.72 Å². The van der Waals surface area contributed by atoms with E-state index in [0.29, 0.717) is 5.69 Å². The third kappa shape index (κ3) is 4.01. The van der Waals surface area contributed by atoms with Crippen LogP contribution in [0.4, 0.5) is 5.69 Å². The monoisotopic (exact) mass is 335 g/mol. The van der Waals surface area contributed by atoms with E-state index in [1.807, 2.05) is 12.1 Å². The maximum Gasteiger partial charge on any atom is 0.339 e. The molecule has 0 saturated heterocycles. The molecule has 0 atom stereocenters. The predicted molar refractivity (Wildman–Crippen MR) is 86.3 cm³/mol. The molecule has 2 aromatic carbocycles. The van der Waals surface area contributed by atoms with E-state index in [9.17, 15) is 18.3 Å². The molecule has 0 saturated carbocycles. The number of anilines is 1. The van der Waals surface area contributed by atoms with E-state index in [2.05, 4.69) is 11.6 Å². The third-order valence-corrected chi connectivity index (χ3v) is 4.63. The molecule has 0 unspecified atom stereocenters. The fraction of sp³-hybridized carbons (Fsp3) is 0.188. The summed E-state index contributed by atoms with van der Waals surface area (Å²) in [5, 5.41) is 18.4. The van der Waals surface area contributed by atoms with Crippen LogP contribution in [0, 0.1) is 0 Å². The minimum atomic E-state index is -3.94. The van der Waals surface area contributed by atoms with Crippen LogP contribution in [-0.4, -0.2) is 24.6 Å². The lowest BCUT2D eigenvalue weighted by Crippen LogP contribution is -2.13. The molecule has 23 heavy (non-hydrogen) atoms. The van der Waals surface area contributed by atoms with E-state index in [0.717, 1.165) is 36.6 Å². The van der Waals surface area contributed by atoms with Crippen LogP contribution in [0.1, 0.15) is 29.3 Å². The highest BCUT2D eigenvalue weighted by molar-refractivity contribution is 7.92. The van der Waals surface area contributed by atoms with Crippen molar-refractivity contribution in [3.8, 4) is 5.75 Å². The summed E-state index contributed by atoms with van der Waals surface area (Å²) in [5.41, 5.74) is 1.02. The summed E-state index contributed by atoms with van der Waals surface area (Å²) in [6.45, 7) is 2.06. The van der Waals surface area contributed by atoms with Gasteiger partial charge in [0.1, 0.15) is 11.3 Å². The molecule has 0 radical (unpaired) electrons. The zero-order valence-corrected chi connectivity index (χ0v) is 13.3. The Kier molecular flexibility index (Phi) is 4.90. The molecule has 122 valence electrons. The average molecular weight is 335 g/mol. The van der Waals surface area contributed by atoms with Gasteiger partial charge in [0, 0.05) is 5.69 Å². The number of nitrogens with one attached hydrogen (secondary N) is 1. The van der Waals surface area contributed by atoms with Crippen molar-refractivity contribution < 1.29 is 23.4 Å². The average Bonchev–Trinajstić information content (AvgIpc) is 2.49. The fourth-order valence-electron chi connectivity index (χ4n) is 2.10. The second kappa shape index (κ2) is 6.70. The van der Waals surface area contributed by atoms with Gasteiger partial charge in [0.2, 0.25) is 0 Å². The van der Waals surface area contributed by atoms with Gasteiger partial charge in [0.05, 0.1) is 4.90 Å². The number of hydrogen-bond donors (Lipinski definition) is 3. The maximum absolute atomic E-state index is 12.3. The van der Waals surface area contributed by atoms with E-state index < -0.39 is 27.3 Å². The first-order valence-electron chi connectivity index (χ1n) is 7.01. The largest absolute Gasteiger partial charge is 0.507 e. The van der Waals surface area contributed by atoms with Crippen molar-refractivity contribution in [3.63, 3.8) is 0 Å². The van der Waals surface area contributed by atoms with E-state index >= 15 is 0 Å². The van der Waals surface area contributed by atoms with Crippen molar-refractivity contribution in [2.24, 2.45) is 0 Å². The van der Waals surface area contributed by atoms with Crippen LogP contribution in [0.15, 0.2) is 47.4 Å². The Morgan fingerprint density at radius 2 is 1.78 bits per heavy atom. The first-order valence-corrected chi connectivity index (χ1v) is 8.50. The molecule has 0 aliphatic rings. The molecule has 0 aromatic heterocycles. The van der Waals surface area contributed by atoms with Gasteiger partial charge in [-0.2, -0.15) is 0 Å². The molecule has 0 aliphatic heterocycles. The lowest BCUT2D eigenvalue weighted by atomic mass is 10.1. The van der Waals surface area contributed by atoms with E-state index in [1.54, 1.807) is 12.1 Å². The fourth-order valence-corrected chi connectivity index (χ4v) is 3.18. The Bertz CT molecular complexity index is 813. The van der Waals surface area contributed by atoms with Crippen molar-refractivity contribution in [3.05, 3.63) is 53.6 Å². The zero-order chi connectivity index (χ0) is 17.0. The molecule has 6 nitrogen and oxygen atoms in total. The van der Waals surface area contributed by atoms with Crippen LogP contribution in [0.2, 0.25) is 0 Å². The lowest BCUT2D eigenvalue weighted by Gasteiger charge is -2.10.